The second kappa shape index (κ2) is 8.31. The predicted molar refractivity (Wildman–Crippen MR) is 105 cm³/mol. The molecule has 3 saturated heterocycles. The molecule has 3 fully saturated rings. The first kappa shape index (κ1) is 18.9. The molecule has 0 saturated carbocycles. The molecule has 0 radical (unpaired) electrons. The van der Waals surface area contributed by atoms with Gasteiger partial charge in [0.1, 0.15) is 0 Å². The van der Waals surface area contributed by atoms with Crippen LogP contribution < -0.4 is 10.6 Å². The van der Waals surface area contributed by atoms with Crippen LogP contribution in [0.3, 0.4) is 0 Å². The molecule has 3 aliphatic rings. The summed E-state index contributed by atoms with van der Waals surface area (Å²) in [6.07, 6.45) is 4.07. The SMILES string of the molecule is O=C(NC1CC2C(=O)NCC(CCC(=O)N3CCCC3)N2C1)c1ccccc1. The van der Waals surface area contributed by atoms with Gasteiger partial charge in [-0.25, -0.2) is 0 Å². The average molecular weight is 384 g/mol. The summed E-state index contributed by atoms with van der Waals surface area (Å²) in [5.41, 5.74) is 0.629. The van der Waals surface area contributed by atoms with Gasteiger partial charge in [-0.2, -0.15) is 0 Å². The van der Waals surface area contributed by atoms with E-state index in [4.69, 9.17) is 0 Å². The third kappa shape index (κ3) is 4.04. The van der Waals surface area contributed by atoms with Gasteiger partial charge in [-0.1, -0.05) is 18.2 Å². The van der Waals surface area contributed by atoms with Gasteiger partial charge in [0.25, 0.3) is 5.91 Å². The molecule has 3 unspecified atom stereocenters. The lowest BCUT2D eigenvalue weighted by atomic mass is 10.0. The Morgan fingerprint density at radius 2 is 1.89 bits per heavy atom. The van der Waals surface area contributed by atoms with Crippen molar-refractivity contribution in [1.29, 1.82) is 0 Å². The topological polar surface area (TPSA) is 81.8 Å². The molecule has 0 bridgehead atoms. The molecule has 7 heteroatoms. The van der Waals surface area contributed by atoms with Crippen LogP contribution in [0, 0.1) is 0 Å². The highest BCUT2D eigenvalue weighted by molar-refractivity contribution is 5.94. The zero-order chi connectivity index (χ0) is 19.5. The molecule has 3 heterocycles. The van der Waals surface area contributed by atoms with Crippen molar-refractivity contribution in [2.75, 3.05) is 26.2 Å². The largest absolute Gasteiger partial charge is 0.353 e. The van der Waals surface area contributed by atoms with E-state index < -0.39 is 0 Å². The number of benzene rings is 1. The molecule has 28 heavy (non-hydrogen) atoms. The quantitative estimate of drug-likeness (QED) is 0.785. The third-order valence-corrected chi connectivity index (χ3v) is 6.14. The van der Waals surface area contributed by atoms with Crippen molar-refractivity contribution in [3.05, 3.63) is 35.9 Å². The van der Waals surface area contributed by atoms with Crippen molar-refractivity contribution >= 4 is 17.7 Å². The number of nitrogens with zero attached hydrogens (tertiary/aromatic N) is 2. The molecule has 4 rings (SSSR count). The zero-order valence-electron chi connectivity index (χ0n) is 16.1. The average Bonchev–Trinajstić information content (AvgIpc) is 3.38. The van der Waals surface area contributed by atoms with Gasteiger partial charge in [-0.05, 0) is 37.8 Å². The Balaban J connectivity index is 1.34. The van der Waals surface area contributed by atoms with E-state index in [1.54, 1.807) is 12.1 Å². The number of carbonyl (C=O) groups excluding carboxylic acids is 3. The predicted octanol–water partition coefficient (Wildman–Crippen LogP) is 0.760. The smallest absolute Gasteiger partial charge is 0.251 e. The third-order valence-electron chi connectivity index (χ3n) is 6.14. The lowest BCUT2D eigenvalue weighted by molar-refractivity contribution is -0.131. The Bertz CT molecular complexity index is 732. The van der Waals surface area contributed by atoms with E-state index in [9.17, 15) is 14.4 Å². The number of nitrogens with one attached hydrogen (secondary N) is 2. The van der Waals surface area contributed by atoms with Crippen molar-refractivity contribution < 1.29 is 14.4 Å². The summed E-state index contributed by atoms with van der Waals surface area (Å²) in [6.45, 7) is 2.97. The summed E-state index contributed by atoms with van der Waals surface area (Å²) in [5.74, 6) is 0.143. The van der Waals surface area contributed by atoms with E-state index in [0.29, 0.717) is 31.5 Å². The van der Waals surface area contributed by atoms with Crippen LogP contribution in [0.15, 0.2) is 30.3 Å². The number of piperazine rings is 1. The standard InChI is InChI=1S/C21H28N4O3/c26-19(24-10-4-5-11-24)9-8-17-13-22-21(28)18-12-16(14-25(17)18)23-20(27)15-6-2-1-3-7-15/h1-3,6-7,16-18H,4-5,8-14H2,(H,22,28)(H,23,27). The highest BCUT2D eigenvalue weighted by Gasteiger charge is 2.43. The molecule has 7 nitrogen and oxygen atoms in total. The van der Waals surface area contributed by atoms with Crippen molar-refractivity contribution in [3.63, 3.8) is 0 Å². The fraction of sp³-hybridized carbons (Fsp3) is 0.571. The van der Waals surface area contributed by atoms with Crippen LogP contribution in [0.1, 0.15) is 42.5 Å². The van der Waals surface area contributed by atoms with Crippen LogP contribution in [-0.4, -0.2) is 71.8 Å². The molecule has 0 spiro atoms. The van der Waals surface area contributed by atoms with Crippen LogP contribution in [0.2, 0.25) is 0 Å². The van der Waals surface area contributed by atoms with Crippen LogP contribution in [-0.2, 0) is 9.59 Å². The number of hydrogen-bond donors (Lipinski definition) is 2. The van der Waals surface area contributed by atoms with Gasteiger partial charge in [0.15, 0.2) is 0 Å². The Morgan fingerprint density at radius 1 is 1.14 bits per heavy atom. The molecule has 0 aliphatic carbocycles. The Labute approximate surface area is 165 Å². The van der Waals surface area contributed by atoms with E-state index in [0.717, 1.165) is 32.4 Å². The normalized spacial score (nSPS) is 27.4. The molecule has 1 aromatic rings. The van der Waals surface area contributed by atoms with Crippen LogP contribution >= 0.6 is 0 Å². The van der Waals surface area contributed by atoms with Gasteiger partial charge in [0.05, 0.1) is 6.04 Å². The highest BCUT2D eigenvalue weighted by Crippen LogP contribution is 2.26. The lowest BCUT2D eigenvalue weighted by Crippen LogP contribution is -2.58. The first-order valence-corrected chi connectivity index (χ1v) is 10.3. The summed E-state index contributed by atoms with van der Waals surface area (Å²) in [4.78, 5) is 41.3. The molecular formula is C21H28N4O3. The molecule has 0 aromatic heterocycles. The van der Waals surface area contributed by atoms with Gasteiger partial charge in [-0.15, -0.1) is 0 Å². The minimum Gasteiger partial charge on any atom is -0.353 e. The fourth-order valence-electron chi connectivity index (χ4n) is 4.62. The second-order valence-electron chi connectivity index (χ2n) is 8.01. The molecule has 3 atom stereocenters. The van der Waals surface area contributed by atoms with Gasteiger partial charge in [-0.3, -0.25) is 19.3 Å². The maximum atomic E-state index is 12.5. The Kier molecular flexibility index (Phi) is 5.62. The molecule has 1 aromatic carbocycles. The molecule has 2 N–H and O–H groups in total. The van der Waals surface area contributed by atoms with E-state index in [1.807, 2.05) is 23.1 Å². The van der Waals surface area contributed by atoms with E-state index in [2.05, 4.69) is 15.5 Å². The van der Waals surface area contributed by atoms with Crippen molar-refractivity contribution in [2.24, 2.45) is 0 Å². The number of rotatable bonds is 5. The molecule has 3 aliphatic heterocycles. The Hall–Kier alpha value is -2.41. The monoisotopic (exact) mass is 384 g/mol. The van der Waals surface area contributed by atoms with Crippen molar-refractivity contribution in [3.8, 4) is 0 Å². The number of fused-ring (bicyclic) bond motifs is 1. The molecule has 3 amide bonds. The van der Waals surface area contributed by atoms with Crippen LogP contribution in [0.5, 0.6) is 0 Å². The van der Waals surface area contributed by atoms with Crippen LogP contribution in [0.25, 0.3) is 0 Å². The van der Waals surface area contributed by atoms with E-state index in [-0.39, 0.29) is 35.8 Å². The number of likely N-dealkylation sites (tertiary alicyclic amines) is 1. The summed E-state index contributed by atoms with van der Waals surface area (Å²) < 4.78 is 0. The van der Waals surface area contributed by atoms with E-state index in [1.165, 1.54) is 0 Å². The maximum absolute atomic E-state index is 12.5. The molecular weight excluding hydrogens is 356 g/mol. The summed E-state index contributed by atoms with van der Waals surface area (Å²) >= 11 is 0. The van der Waals surface area contributed by atoms with Gasteiger partial charge in [0.2, 0.25) is 11.8 Å². The summed E-state index contributed by atoms with van der Waals surface area (Å²) in [6, 6.07) is 9.01. The summed E-state index contributed by atoms with van der Waals surface area (Å²) in [5, 5.41) is 6.05. The minimum absolute atomic E-state index is 0.0265. The first-order chi connectivity index (χ1) is 13.6. The van der Waals surface area contributed by atoms with Gasteiger partial charge in [0, 0.05) is 50.2 Å². The maximum Gasteiger partial charge on any atom is 0.251 e. The van der Waals surface area contributed by atoms with Gasteiger partial charge < -0.3 is 15.5 Å². The number of carbonyl (C=O) groups is 3. The highest BCUT2D eigenvalue weighted by atomic mass is 16.2. The number of hydrogen-bond acceptors (Lipinski definition) is 4. The Morgan fingerprint density at radius 3 is 2.64 bits per heavy atom. The lowest BCUT2D eigenvalue weighted by Gasteiger charge is -2.37. The summed E-state index contributed by atoms with van der Waals surface area (Å²) in [7, 11) is 0. The second-order valence-corrected chi connectivity index (χ2v) is 8.01. The van der Waals surface area contributed by atoms with E-state index >= 15 is 0 Å². The first-order valence-electron chi connectivity index (χ1n) is 10.3. The van der Waals surface area contributed by atoms with Crippen LogP contribution in [0.4, 0.5) is 0 Å². The minimum atomic E-state index is -0.221. The van der Waals surface area contributed by atoms with Crippen molar-refractivity contribution in [1.82, 2.24) is 20.4 Å². The fourth-order valence-corrected chi connectivity index (χ4v) is 4.62. The van der Waals surface area contributed by atoms with Crippen molar-refractivity contribution in [2.45, 2.75) is 50.2 Å². The number of amides is 3. The van der Waals surface area contributed by atoms with Gasteiger partial charge >= 0.3 is 0 Å². The molecule has 150 valence electrons. The zero-order valence-corrected chi connectivity index (χ0v) is 16.1.